The van der Waals surface area contributed by atoms with Crippen LogP contribution in [0.4, 0.5) is 0 Å². The first kappa shape index (κ1) is 39.6. The molecule has 11 nitrogen and oxygen atoms in total. The molecule has 0 amide bonds. The Morgan fingerprint density at radius 2 is 1.11 bits per heavy atom. The molecule has 0 spiro atoms. The first-order valence-corrected chi connectivity index (χ1v) is 18.2. The molecule has 6 rings (SSSR count). The van der Waals surface area contributed by atoms with Crippen molar-refractivity contribution in [2.75, 3.05) is 19.8 Å². The number of carbonyl (C=O) groups is 3. The van der Waals surface area contributed by atoms with Crippen molar-refractivity contribution in [3.63, 3.8) is 0 Å². The minimum Gasteiger partial charge on any atom is -0.507 e. The number of aromatic nitrogens is 3. The van der Waals surface area contributed by atoms with Crippen molar-refractivity contribution in [2.24, 2.45) is 5.41 Å². The molecule has 0 aliphatic heterocycles. The largest absolute Gasteiger partial charge is 0.507 e. The monoisotopic (exact) mass is 763 g/mol. The van der Waals surface area contributed by atoms with Crippen molar-refractivity contribution in [3.05, 3.63) is 140 Å². The van der Waals surface area contributed by atoms with Crippen molar-refractivity contribution in [1.82, 2.24) is 15.0 Å². The third-order valence-electron chi connectivity index (χ3n) is 8.91. The molecule has 0 fully saturated rings. The van der Waals surface area contributed by atoms with Crippen LogP contribution < -0.4 is 4.74 Å². The maximum absolute atomic E-state index is 13.0. The fraction of sp³-hybridized carbons (Fsp3) is 0.174. The second-order valence-corrected chi connectivity index (χ2v) is 13.6. The summed E-state index contributed by atoms with van der Waals surface area (Å²) in [5.74, 6) is -0.882. The normalized spacial score (nSPS) is 12.4. The van der Waals surface area contributed by atoms with E-state index in [4.69, 9.17) is 33.9 Å². The van der Waals surface area contributed by atoms with Gasteiger partial charge in [0.15, 0.2) is 23.6 Å². The van der Waals surface area contributed by atoms with E-state index in [-0.39, 0.29) is 37.1 Å². The molecule has 288 valence electrons. The highest BCUT2D eigenvalue weighted by Gasteiger charge is 2.31. The first-order chi connectivity index (χ1) is 27.5. The van der Waals surface area contributed by atoms with Gasteiger partial charge in [0.25, 0.3) is 0 Å². The third kappa shape index (κ3) is 10.3. The molecule has 1 aromatic heterocycles. The fourth-order valence-corrected chi connectivity index (χ4v) is 5.73. The van der Waals surface area contributed by atoms with Crippen LogP contribution in [0.25, 0.3) is 56.4 Å². The van der Waals surface area contributed by atoms with E-state index < -0.39 is 29.4 Å². The van der Waals surface area contributed by atoms with Crippen molar-refractivity contribution in [2.45, 2.75) is 26.9 Å². The van der Waals surface area contributed by atoms with Gasteiger partial charge in [-0.2, -0.15) is 0 Å². The van der Waals surface area contributed by atoms with E-state index in [1.165, 1.54) is 19.9 Å². The Bertz CT molecular complexity index is 2250. The number of ether oxygens (including phenoxy) is 4. The van der Waals surface area contributed by atoms with Gasteiger partial charge in [0.05, 0.1) is 11.0 Å². The SMILES string of the molecule is C=CC(=O)OCC(C)(COC(C)=O)COC(=O)C(C)Oc1ccc(-c2nc(-c3ccc(-c4ccccc4)cc3)nc(-c3ccc(-c4ccccc4)cc3)n2)c(O)c1. The predicted molar refractivity (Wildman–Crippen MR) is 216 cm³/mol. The van der Waals surface area contributed by atoms with Crippen molar-refractivity contribution < 1.29 is 38.4 Å². The van der Waals surface area contributed by atoms with E-state index in [2.05, 4.69) is 6.58 Å². The topological polar surface area (TPSA) is 147 Å². The zero-order valence-corrected chi connectivity index (χ0v) is 31.8. The van der Waals surface area contributed by atoms with Gasteiger partial charge in [-0.25, -0.2) is 24.5 Å². The lowest BCUT2D eigenvalue weighted by Gasteiger charge is -2.28. The Labute approximate surface area is 330 Å². The van der Waals surface area contributed by atoms with Gasteiger partial charge < -0.3 is 24.1 Å². The van der Waals surface area contributed by atoms with Crippen molar-refractivity contribution in [1.29, 1.82) is 0 Å². The molecule has 0 aliphatic rings. The average Bonchev–Trinajstić information content (AvgIpc) is 3.24. The highest BCUT2D eigenvalue weighted by atomic mass is 16.6. The molecular weight excluding hydrogens is 723 g/mol. The lowest BCUT2D eigenvalue weighted by atomic mass is 9.94. The van der Waals surface area contributed by atoms with Gasteiger partial charge in [-0.3, -0.25) is 4.79 Å². The Balaban J connectivity index is 1.24. The molecule has 1 heterocycles. The fourth-order valence-electron chi connectivity index (χ4n) is 5.73. The summed E-state index contributed by atoms with van der Waals surface area (Å²) in [6.45, 7) is 7.14. The first-order valence-electron chi connectivity index (χ1n) is 18.2. The summed E-state index contributed by atoms with van der Waals surface area (Å²) in [5, 5.41) is 11.3. The van der Waals surface area contributed by atoms with Crippen LogP contribution in [0.3, 0.4) is 0 Å². The van der Waals surface area contributed by atoms with Crippen molar-refractivity contribution in [3.8, 4) is 67.9 Å². The summed E-state index contributed by atoms with van der Waals surface area (Å²) < 4.78 is 21.6. The maximum Gasteiger partial charge on any atom is 0.347 e. The standard InChI is InChI=1S/C46H41N3O8/c1-5-41(52)55-28-46(4,27-54-31(3)50)29-56-45(53)30(2)57-38-24-25-39(40(51)26-38)44-48-42(36-20-16-34(17-21-36)32-12-8-6-9-13-32)47-43(49-44)37-22-18-35(19-23-37)33-14-10-7-11-15-33/h5-26,30,51H,1,27-29H2,2-4H3. The molecule has 0 bridgehead atoms. The Hall–Kier alpha value is -7.14. The van der Waals surface area contributed by atoms with Gasteiger partial charge in [0.1, 0.15) is 31.3 Å². The zero-order valence-electron chi connectivity index (χ0n) is 31.8. The molecule has 0 radical (unpaired) electrons. The van der Waals surface area contributed by atoms with Gasteiger partial charge in [0.2, 0.25) is 0 Å². The van der Waals surface area contributed by atoms with E-state index in [0.717, 1.165) is 39.5 Å². The van der Waals surface area contributed by atoms with Crippen LogP contribution in [0.2, 0.25) is 0 Å². The highest BCUT2D eigenvalue weighted by Crippen LogP contribution is 2.34. The number of rotatable bonds is 15. The maximum atomic E-state index is 13.0. The smallest absolute Gasteiger partial charge is 0.347 e. The molecule has 0 aliphatic carbocycles. The van der Waals surface area contributed by atoms with Crippen molar-refractivity contribution >= 4 is 17.9 Å². The number of phenols is 1. The highest BCUT2D eigenvalue weighted by molar-refractivity contribution is 5.81. The number of hydrogen-bond donors (Lipinski definition) is 1. The number of aromatic hydroxyl groups is 1. The van der Waals surface area contributed by atoms with E-state index in [9.17, 15) is 19.5 Å². The van der Waals surface area contributed by atoms with Crippen LogP contribution in [-0.2, 0) is 28.6 Å². The van der Waals surface area contributed by atoms with Crippen LogP contribution in [0.1, 0.15) is 20.8 Å². The van der Waals surface area contributed by atoms with Crippen LogP contribution in [0.15, 0.2) is 140 Å². The number of benzene rings is 5. The van der Waals surface area contributed by atoms with Gasteiger partial charge in [-0.05, 0) is 48.2 Å². The lowest BCUT2D eigenvalue weighted by Crippen LogP contribution is -2.38. The quantitative estimate of drug-likeness (QED) is 0.0610. The molecule has 5 aromatic carbocycles. The number of esters is 3. The van der Waals surface area contributed by atoms with Crippen LogP contribution >= 0.6 is 0 Å². The second kappa shape index (κ2) is 18.0. The Kier molecular flexibility index (Phi) is 12.5. The predicted octanol–water partition coefficient (Wildman–Crippen LogP) is 8.52. The molecule has 2 atom stereocenters. The molecular formula is C46H41N3O8. The van der Waals surface area contributed by atoms with Crippen LogP contribution in [-0.4, -0.2) is 63.9 Å². The van der Waals surface area contributed by atoms with Gasteiger partial charge in [0, 0.05) is 30.2 Å². The van der Waals surface area contributed by atoms with E-state index in [1.54, 1.807) is 19.1 Å². The summed E-state index contributed by atoms with van der Waals surface area (Å²) >= 11 is 0. The van der Waals surface area contributed by atoms with E-state index in [0.29, 0.717) is 17.2 Å². The molecule has 2 unspecified atom stereocenters. The number of nitrogens with zero attached hydrogens (tertiary/aromatic N) is 3. The summed E-state index contributed by atoms with van der Waals surface area (Å²) in [5.41, 5.74) is 5.06. The van der Waals surface area contributed by atoms with E-state index in [1.807, 2.05) is 109 Å². The summed E-state index contributed by atoms with van der Waals surface area (Å²) in [6, 6.07) is 40.5. The van der Waals surface area contributed by atoms with Crippen LogP contribution in [0.5, 0.6) is 11.5 Å². The summed E-state index contributed by atoms with van der Waals surface area (Å²) in [6.07, 6.45) is -0.0970. The minimum absolute atomic E-state index is 0.164. The Morgan fingerprint density at radius 1 is 0.649 bits per heavy atom. The summed E-state index contributed by atoms with van der Waals surface area (Å²) in [4.78, 5) is 50.5. The Morgan fingerprint density at radius 3 is 1.60 bits per heavy atom. The molecule has 0 saturated carbocycles. The molecule has 1 N–H and O–H groups in total. The molecule has 11 heteroatoms. The lowest BCUT2D eigenvalue weighted by molar-refractivity contribution is -0.162. The zero-order chi connectivity index (χ0) is 40.4. The third-order valence-corrected chi connectivity index (χ3v) is 8.91. The summed E-state index contributed by atoms with van der Waals surface area (Å²) in [7, 11) is 0. The van der Waals surface area contributed by atoms with Gasteiger partial charge >= 0.3 is 17.9 Å². The number of carbonyl (C=O) groups excluding carboxylic acids is 3. The molecule has 0 saturated heterocycles. The minimum atomic E-state index is -1.10. The number of hydrogen-bond acceptors (Lipinski definition) is 11. The molecule has 6 aromatic rings. The van der Waals surface area contributed by atoms with E-state index >= 15 is 0 Å². The number of phenolic OH excluding ortho intramolecular Hbond substituents is 1. The average molecular weight is 764 g/mol. The molecule has 57 heavy (non-hydrogen) atoms. The van der Waals surface area contributed by atoms with Gasteiger partial charge in [-0.1, -0.05) is 116 Å². The van der Waals surface area contributed by atoms with Crippen LogP contribution in [0, 0.1) is 5.41 Å². The second-order valence-electron chi connectivity index (χ2n) is 13.6. The van der Waals surface area contributed by atoms with Gasteiger partial charge in [-0.15, -0.1) is 0 Å².